The van der Waals surface area contributed by atoms with E-state index in [0.29, 0.717) is 23.9 Å². The summed E-state index contributed by atoms with van der Waals surface area (Å²) in [4.78, 5) is 18.0. The summed E-state index contributed by atoms with van der Waals surface area (Å²) in [6, 6.07) is 25.5. The Morgan fingerprint density at radius 1 is 0.841 bits per heavy atom. The van der Waals surface area contributed by atoms with Crippen molar-refractivity contribution in [3.05, 3.63) is 90.0 Å². The summed E-state index contributed by atoms with van der Waals surface area (Å²) >= 11 is 0. The van der Waals surface area contributed by atoms with E-state index < -0.39 is 10.0 Å². The van der Waals surface area contributed by atoms with Gasteiger partial charge in [-0.15, -0.1) is 12.4 Å². The van der Waals surface area contributed by atoms with Gasteiger partial charge >= 0.3 is 6.03 Å². The normalized spacial score (nSPS) is 16.5. The molecular formula is C34H45ClN4O4S. The second-order valence-electron chi connectivity index (χ2n) is 12.0. The van der Waals surface area contributed by atoms with Crippen molar-refractivity contribution in [3.63, 3.8) is 0 Å². The molecular weight excluding hydrogens is 596 g/mol. The Labute approximate surface area is 268 Å². The summed E-state index contributed by atoms with van der Waals surface area (Å²) in [6.07, 6.45) is 9.37. The molecule has 238 valence electrons. The quantitative estimate of drug-likeness (QED) is 0.235. The highest BCUT2D eigenvalue weighted by atomic mass is 35.5. The van der Waals surface area contributed by atoms with Gasteiger partial charge in [0.05, 0.1) is 6.26 Å². The van der Waals surface area contributed by atoms with Gasteiger partial charge in [-0.1, -0.05) is 61.7 Å². The fourth-order valence-corrected chi connectivity index (χ4v) is 6.69. The minimum atomic E-state index is -3.31. The predicted octanol–water partition coefficient (Wildman–Crippen LogP) is 7.03. The molecule has 1 aliphatic carbocycles. The number of hydrogen-bond donors (Lipinski definition) is 2. The Morgan fingerprint density at radius 3 is 2.07 bits per heavy atom. The number of carbonyl (C=O) groups is 1. The summed E-state index contributed by atoms with van der Waals surface area (Å²) in [5.41, 5.74) is 2.88. The lowest BCUT2D eigenvalue weighted by Crippen LogP contribution is -2.50. The molecule has 5 rings (SSSR count). The van der Waals surface area contributed by atoms with E-state index in [4.69, 9.17) is 4.74 Å². The summed E-state index contributed by atoms with van der Waals surface area (Å²) in [5.74, 6) is 1.97. The fraction of sp³-hybridized carbons (Fsp3) is 0.441. The number of halogens is 1. The summed E-state index contributed by atoms with van der Waals surface area (Å²) in [7, 11) is -3.31. The second kappa shape index (κ2) is 16.2. The molecule has 2 N–H and O–H groups in total. The van der Waals surface area contributed by atoms with Gasteiger partial charge in [0.1, 0.15) is 11.5 Å². The van der Waals surface area contributed by atoms with Crippen LogP contribution >= 0.6 is 12.4 Å². The zero-order chi connectivity index (χ0) is 30.1. The van der Waals surface area contributed by atoms with Crippen molar-refractivity contribution in [1.29, 1.82) is 0 Å². The third-order valence-electron chi connectivity index (χ3n) is 8.44. The van der Waals surface area contributed by atoms with Crippen LogP contribution in [0.3, 0.4) is 0 Å². The lowest BCUT2D eigenvalue weighted by Gasteiger charge is -2.39. The van der Waals surface area contributed by atoms with Crippen molar-refractivity contribution in [2.75, 3.05) is 30.6 Å². The molecule has 0 aromatic heterocycles. The number of anilines is 1. The molecule has 1 aliphatic heterocycles. The molecule has 0 atom stereocenters. The van der Waals surface area contributed by atoms with Crippen molar-refractivity contribution in [3.8, 4) is 11.5 Å². The minimum absolute atomic E-state index is 0. The maximum Gasteiger partial charge on any atom is 0.317 e. The molecule has 2 fully saturated rings. The van der Waals surface area contributed by atoms with E-state index in [9.17, 15) is 13.2 Å². The van der Waals surface area contributed by atoms with Gasteiger partial charge in [0, 0.05) is 44.5 Å². The molecule has 1 heterocycles. The van der Waals surface area contributed by atoms with Gasteiger partial charge in [0.2, 0.25) is 10.0 Å². The Bertz CT molecular complexity index is 1410. The topological polar surface area (TPSA) is 91.0 Å². The lowest BCUT2D eigenvalue weighted by atomic mass is 9.89. The lowest BCUT2D eigenvalue weighted by molar-refractivity contribution is 0.112. The van der Waals surface area contributed by atoms with E-state index in [1.165, 1.54) is 43.2 Å². The van der Waals surface area contributed by atoms with Crippen molar-refractivity contribution >= 4 is 34.1 Å². The van der Waals surface area contributed by atoms with Crippen LogP contribution in [0.1, 0.15) is 56.1 Å². The van der Waals surface area contributed by atoms with Crippen LogP contribution in [0.15, 0.2) is 78.9 Å². The standard InChI is InChI=1S/C34H44N4O4S.ClH/c1-43(40,41)36-30-14-18-33(19-15-30)42-32-16-12-29(13-17-32)25-37-22-20-31(21-23-37)38(26-28-10-6-3-7-11-28)34(39)35-24-27-8-4-2-5-9-27;/h3,6-7,10-19,27,31,36H,2,4-5,8-9,20-26H2,1H3,(H,35,39);1H. The average Bonchev–Trinajstić information content (AvgIpc) is 3.01. The number of rotatable bonds is 11. The molecule has 2 amide bonds. The van der Waals surface area contributed by atoms with Crippen LogP contribution in [0.2, 0.25) is 0 Å². The van der Waals surface area contributed by atoms with Gasteiger partial charge in [-0.3, -0.25) is 9.62 Å². The third-order valence-corrected chi connectivity index (χ3v) is 9.05. The van der Waals surface area contributed by atoms with Crippen LogP contribution in [0.25, 0.3) is 0 Å². The highest BCUT2D eigenvalue weighted by Gasteiger charge is 2.28. The number of carbonyl (C=O) groups excluding carboxylic acids is 1. The molecule has 1 saturated heterocycles. The van der Waals surface area contributed by atoms with Crippen molar-refractivity contribution < 1.29 is 17.9 Å². The van der Waals surface area contributed by atoms with Gasteiger partial charge in [0.25, 0.3) is 0 Å². The van der Waals surface area contributed by atoms with Crippen molar-refractivity contribution in [2.24, 2.45) is 5.92 Å². The van der Waals surface area contributed by atoms with E-state index in [2.05, 4.69) is 44.1 Å². The maximum atomic E-state index is 13.5. The number of nitrogens with one attached hydrogen (secondary N) is 2. The van der Waals surface area contributed by atoms with Gasteiger partial charge in [0.15, 0.2) is 0 Å². The Morgan fingerprint density at radius 2 is 1.45 bits per heavy atom. The zero-order valence-electron chi connectivity index (χ0n) is 25.5. The fourth-order valence-electron chi connectivity index (χ4n) is 6.12. The molecule has 0 spiro atoms. The number of urea groups is 1. The molecule has 0 bridgehead atoms. The first-order valence-electron chi connectivity index (χ1n) is 15.5. The first-order chi connectivity index (χ1) is 20.8. The van der Waals surface area contributed by atoms with Crippen molar-refractivity contribution in [2.45, 2.75) is 64.1 Å². The van der Waals surface area contributed by atoms with E-state index >= 15 is 0 Å². The molecule has 10 heteroatoms. The Kier molecular flexibility index (Phi) is 12.3. The number of benzene rings is 3. The number of hydrogen-bond acceptors (Lipinski definition) is 5. The molecule has 44 heavy (non-hydrogen) atoms. The summed E-state index contributed by atoms with van der Waals surface area (Å²) in [6.45, 7) is 4.16. The van der Waals surface area contributed by atoms with E-state index in [-0.39, 0.29) is 24.5 Å². The van der Waals surface area contributed by atoms with Crippen LogP contribution in [-0.4, -0.2) is 56.2 Å². The SMILES string of the molecule is CS(=O)(=O)Nc1ccc(Oc2ccc(CN3CCC(N(Cc4ccccc4)C(=O)NCC4CCCCC4)CC3)cc2)cc1.Cl. The number of ether oxygens (including phenoxy) is 1. The van der Waals surface area contributed by atoms with Crippen LogP contribution in [0.4, 0.5) is 10.5 Å². The zero-order valence-corrected chi connectivity index (χ0v) is 27.1. The number of sulfonamides is 1. The van der Waals surface area contributed by atoms with E-state index in [1.807, 2.05) is 30.3 Å². The van der Waals surface area contributed by atoms with Gasteiger partial charge in [-0.2, -0.15) is 0 Å². The number of likely N-dealkylation sites (tertiary alicyclic amines) is 1. The molecule has 1 saturated carbocycles. The van der Waals surface area contributed by atoms with Crippen molar-refractivity contribution in [1.82, 2.24) is 15.1 Å². The number of amides is 2. The second-order valence-corrected chi connectivity index (χ2v) is 13.7. The predicted molar refractivity (Wildman–Crippen MR) is 179 cm³/mol. The molecule has 3 aromatic carbocycles. The van der Waals surface area contributed by atoms with Crippen LogP contribution in [0, 0.1) is 5.92 Å². The number of piperidine rings is 1. The molecule has 0 radical (unpaired) electrons. The molecule has 8 nitrogen and oxygen atoms in total. The smallest absolute Gasteiger partial charge is 0.317 e. The first-order valence-corrected chi connectivity index (χ1v) is 17.4. The summed E-state index contributed by atoms with van der Waals surface area (Å²) in [5, 5.41) is 3.29. The largest absolute Gasteiger partial charge is 0.457 e. The molecule has 3 aromatic rings. The number of nitrogens with zero attached hydrogens (tertiary/aromatic N) is 2. The van der Waals surface area contributed by atoms with Crippen LogP contribution in [-0.2, 0) is 23.1 Å². The van der Waals surface area contributed by atoms with Crippen LogP contribution in [0.5, 0.6) is 11.5 Å². The van der Waals surface area contributed by atoms with Gasteiger partial charge < -0.3 is 15.0 Å². The summed E-state index contributed by atoms with van der Waals surface area (Å²) < 4.78 is 31.2. The Balaban J connectivity index is 0.00000442. The van der Waals surface area contributed by atoms with E-state index in [1.54, 1.807) is 24.3 Å². The first kappa shape index (κ1) is 33.6. The third kappa shape index (κ3) is 10.4. The van der Waals surface area contributed by atoms with Gasteiger partial charge in [-0.05, 0) is 79.1 Å². The molecule has 0 unspecified atom stereocenters. The van der Waals surface area contributed by atoms with E-state index in [0.717, 1.165) is 51.0 Å². The maximum absolute atomic E-state index is 13.5. The molecule has 2 aliphatic rings. The monoisotopic (exact) mass is 640 g/mol. The minimum Gasteiger partial charge on any atom is -0.457 e. The van der Waals surface area contributed by atoms with Crippen LogP contribution < -0.4 is 14.8 Å². The van der Waals surface area contributed by atoms with Gasteiger partial charge in [-0.25, -0.2) is 13.2 Å². The highest BCUT2D eigenvalue weighted by molar-refractivity contribution is 7.92. The Hall–Kier alpha value is -3.27. The average molecular weight is 641 g/mol. The highest BCUT2D eigenvalue weighted by Crippen LogP contribution is 2.26.